The van der Waals surface area contributed by atoms with Crippen molar-refractivity contribution in [3.05, 3.63) is 59.9 Å². The summed E-state index contributed by atoms with van der Waals surface area (Å²) in [5.41, 5.74) is 2.53. The molecule has 0 atom stereocenters. The number of aromatic nitrogens is 1. The molecule has 1 aromatic carbocycles. The fourth-order valence-corrected chi connectivity index (χ4v) is 1.81. The number of nitrogens with one attached hydrogen (secondary N) is 2. The first-order valence-corrected chi connectivity index (χ1v) is 6.70. The standard InChI is InChI=1S/C16H19N3O/c1-12(2)19-16(20)13-6-5-8-14(10-13)18-11-15-7-3-4-9-17-15/h3-10,12,18H,11H2,1-2H3,(H,19,20). The van der Waals surface area contributed by atoms with Crippen LogP contribution in [-0.4, -0.2) is 16.9 Å². The summed E-state index contributed by atoms with van der Waals surface area (Å²) in [6, 6.07) is 13.4. The van der Waals surface area contributed by atoms with Gasteiger partial charge in [0.25, 0.3) is 5.91 Å². The molecule has 0 unspecified atom stereocenters. The second kappa shape index (κ2) is 6.70. The summed E-state index contributed by atoms with van der Waals surface area (Å²) in [6.07, 6.45) is 1.77. The third-order valence-electron chi connectivity index (χ3n) is 2.74. The first-order chi connectivity index (χ1) is 9.65. The molecular weight excluding hydrogens is 250 g/mol. The Bertz CT molecular complexity index is 567. The largest absolute Gasteiger partial charge is 0.379 e. The first-order valence-electron chi connectivity index (χ1n) is 6.70. The van der Waals surface area contributed by atoms with Crippen LogP contribution < -0.4 is 10.6 Å². The van der Waals surface area contributed by atoms with Crippen LogP contribution in [0.5, 0.6) is 0 Å². The van der Waals surface area contributed by atoms with Gasteiger partial charge < -0.3 is 10.6 Å². The minimum absolute atomic E-state index is 0.0542. The molecule has 0 spiro atoms. The van der Waals surface area contributed by atoms with Crippen LogP contribution in [0.15, 0.2) is 48.7 Å². The van der Waals surface area contributed by atoms with Gasteiger partial charge in [0.15, 0.2) is 0 Å². The molecule has 20 heavy (non-hydrogen) atoms. The van der Waals surface area contributed by atoms with Crippen molar-refractivity contribution >= 4 is 11.6 Å². The average molecular weight is 269 g/mol. The molecule has 4 nitrogen and oxygen atoms in total. The number of amides is 1. The van der Waals surface area contributed by atoms with Gasteiger partial charge in [-0.3, -0.25) is 9.78 Å². The Hall–Kier alpha value is -2.36. The SMILES string of the molecule is CC(C)NC(=O)c1cccc(NCc2ccccn2)c1. The summed E-state index contributed by atoms with van der Waals surface area (Å²) in [5, 5.41) is 6.15. The highest BCUT2D eigenvalue weighted by Crippen LogP contribution is 2.12. The summed E-state index contributed by atoms with van der Waals surface area (Å²) in [7, 11) is 0. The van der Waals surface area contributed by atoms with Gasteiger partial charge in [0.05, 0.1) is 12.2 Å². The molecule has 0 saturated carbocycles. The lowest BCUT2D eigenvalue weighted by Gasteiger charge is -2.10. The van der Waals surface area contributed by atoms with E-state index in [1.807, 2.05) is 56.3 Å². The molecular formula is C16H19N3O. The van der Waals surface area contributed by atoms with Crippen LogP contribution in [0.4, 0.5) is 5.69 Å². The maximum absolute atomic E-state index is 11.9. The summed E-state index contributed by atoms with van der Waals surface area (Å²) in [4.78, 5) is 16.2. The smallest absolute Gasteiger partial charge is 0.251 e. The monoisotopic (exact) mass is 269 g/mol. The molecule has 2 aromatic rings. The van der Waals surface area contributed by atoms with Crippen molar-refractivity contribution in [1.29, 1.82) is 0 Å². The Morgan fingerprint density at radius 3 is 2.75 bits per heavy atom. The molecule has 2 N–H and O–H groups in total. The molecule has 0 aliphatic rings. The van der Waals surface area contributed by atoms with Crippen LogP contribution in [0.1, 0.15) is 29.9 Å². The Kier molecular flexibility index (Phi) is 4.71. The highest BCUT2D eigenvalue weighted by atomic mass is 16.1. The molecule has 0 radical (unpaired) electrons. The molecule has 0 fully saturated rings. The first kappa shape index (κ1) is 14.1. The van der Waals surface area contributed by atoms with E-state index in [0.717, 1.165) is 11.4 Å². The molecule has 1 amide bonds. The molecule has 104 valence electrons. The van der Waals surface area contributed by atoms with E-state index in [1.54, 1.807) is 6.20 Å². The molecule has 4 heteroatoms. The molecule has 2 rings (SSSR count). The van der Waals surface area contributed by atoms with E-state index in [1.165, 1.54) is 0 Å². The lowest BCUT2D eigenvalue weighted by molar-refractivity contribution is 0.0943. The Balaban J connectivity index is 2.01. The number of anilines is 1. The summed E-state index contributed by atoms with van der Waals surface area (Å²) < 4.78 is 0. The predicted octanol–water partition coefficient (Wildman–Crippen LogP) is 2.83. The topological polar surface area (TPSA) is 54.0 Å². The number of nitrogens with zero attached hydrogens (tertiary/aromatic N) is 1. The van der Waals surface area contributed by atoms with E-state index in [9.17, 15) is 4.79 Å². The maximum atomic E-state index is 11.9. The summed E-state index contributed by atoms with van der Waals surface area (Å²) in [5.74, 6) is -0.0542. The minimum Gasteiger partial charge on any atom is -0.379 e. The van der Waals surface area contributed by atoms with Crippen molar-refractivity contribution in [2.24, 2.45) is 0 Å². The number of hydrogen-bond acceptors (Lipinski definition) is 3. The van der Waals surface area contributed by atoms with E-state index >= 15 is 0 Å². The molecule has 0 saturated heterocycles. The van der Waals surface area contributed by atoms with Crippen LogP contribution in [0.25, 0.3) is 0 Å². The van der Waals surface area contributed by atoms with Crippen LogP contribution in [0.3, 0.4) is 0 Å². The summed E-state index contributed by atoms with van der Waals surface area (Å²) >= 11 is 0. The van der Waals surface area contributed by atoms with Gasteiger partial charge in [-0.05, 0) is 44.2 Å². The zero-order valence-electron chi connectivity index (χ0n) is 11.8. The van der Waals surface area contributed by atoms with Gasteiger partial charge in [0, 0.05) is 23.5 Å². The number of hydrogen-bond donors (Lipinski definition) is 2. The van der Waals surface area contributed by atoms with Crippen LogP contribution in [0, 0.1) is 0 Å². The second-order valence-corrected chi connectivity index (χ2v) is 4.88. The number of carbonyl (C=O) groups is 1. The zero-order chi connectivity index (χ0) is 14.4. The fraction of sp³-hybridized carbons (Fsp3) is 0.250. The van der Waals surface area contributed by atoms with Gasteiger partial charge in [-0.15, -0.1) is 0 Å². The third-order valence-corrected chi connectivity index (χ3v) is 2.74. The van der Waals surface area contributed by atoms with E-state index in [0.29, 0.717) is 12.1 Å². The molecule has 0 aliphatic carbocycles. The Morgan fingerprint density at radius 1 is 1.20 bits per heavy atom. The van der Waals surface area contributed by atoms with Crippen LogP contribution >= 0.6 is 0 Å². The normalized spacial score (nSPS) is 10.3. The maximum Gasteiger partial charge on any atom is 0.251 e. The van der Waals surface area contributed by atoms with Gasteiger partial charge in [0.1, 0.15) is 0 Å². The summed E-state index contributed by atoms with van der Waals surface area (Å²) in [6.45, 7) is 4.53. The highest BCUT2D eigenvalue weighted by molar-refractivity contribution is 5.95. The van der Waals surface area contributed by atoms with Crippen molar-refractivity contribution in [3.8, 4) is 0 Å². The van der Waals surface area contributed by atoms with Crippen molar-refractivity contribution in [2.75, 3.05) is 5.32 Å². The molecule has 1 heterocycles. The zero-order valence-corrected chi connectivity index (χ0v) is 11.8. The van der Waals surface area contributed by atoms with Crippen molar-refractivity contribution < 1.29 is 4.79 Å². The Labute approximate surface area is 119 Å². The van der Waals surface area contributed by atoms with E-state index < -0.39 is 0 Å². The van der Waals surface area contributed by atoms with Gasteiger partial charge in [-0.2, -0.15) is 0 Å². The fourth-order valence-electron chi connectivity index (χ4n) is 1.81. The van der Waals surface area contributed by atoms with Gasteiger partial charge in [-0.1, -0.05) is 12.1 Å². The molecule has 0 bridgehead atoms. The molecule has 0 aliphatic heterocycles. The average Bonchev–Trinajstić information content (AvgIpc) is 2.46. The van der Waals surface area contributed by atoms with Crippen LogP contribution in [-0.2, 0) is 6.54 Å². The van der Waals surface area contributed by atoms with Gasteiger partial charge in [-0.25, -0.2) is 0 Å². The van der Waals surface area contributed by atoms with E-state index in [2.05, 4.69) is 15.6 Å². The van der Waals surface area contributed by atoms with Crippen LogP contribution in [0.2, 0.25) is 0 Å². The molecule has 1 aromatic heterocycles. The number of benzene rings is 1. The van der Waals surface area contributed by atoms with Gasteiger partial charge >= 0.3 is 0 Å². The third kappa shape index (κ3) is 4.09. The highest BCUT2D eigenvalue weighted by Gasteiger charge is 2.07. The minimum atomic E-state index is -0.0542. The Morgan fingerprint density at radius 2 is 2.05 bits per heavy atom. The van der Waals surface area contributed by atoms with E-state index in [-0.39, 0.29) is 11.9 Å². The lowest BCUT2D eigenvalue weighted by atomic mass is 10.1. The van der Waals surface area contributed by atoms with E-state index in [4.69, 9.17) is 0 Å². The lowest BCUT2D eigenvalue weighted by Crippen LogP contribution is -2.30. The van der Waals surface area contributed by atoms with Crippen molar-refractivity contribution in [1.82, 2.24) is 10.3 Å². The van der Waals surface area contributed by atoms with Crippen molar-refractivity contribution in [2.45, 2.75) is 26.4 Å². The number of carbonyl (C=O) groups excluding carboxylic acids is 1. The second-order valence-electron chi connectivity index (χ2n) is 4.88. The number of rotatable bonds is 5. The predicted molar refractivity (Wildman–Crippen MR) is 80.6 cm³/mol. The quantitative estimate of drug-likeness (QED) is 0.877. The number of pyridine rings is 1. The van der Waals surface area contributed by atoms with Crippen molar-refractivity contribution in [3.63, 3.8) is 0 Å². The van der Waals surface area contributed by atoms with Gasteiger partial charge in [0.2, 0.25) is 0 Å².